The van der Waals surface area contributed by atoms with E-state index in [4.69, 9.17) is 4.84 Å². The minimum atomic E-state index is -0.454. The number of aryl methyl sites for hydroxylation is 3. The molecule has 200 valence electrons. The SMILES string of the molecule is C=C1CCC(=O)N1OC(=O)CCCCn1cc(-c2ccc(NC(=O)c3ccn4c(C)cc(C)nc34)cc2)nn1. The number of amides is 2. The quantitative estimate of drug-likeness (QED) is 0.323. The largest absolute Gasteiger partial charge is 0.334 e. The number of fused-ring (bicyclic) bond motifs is 1. The van der Waals surface area contributed by atoms with Crippen LogP contribution in [-0.4, -0.2) is 47.2 Å². The summed E-state index contributed by atoms with van der Waals surface area (Å²) in [7, 11) is 0. The van der Waals surface area contributed by atoms with Crippen molar-refractivity contribution in [1.29, 1.82) is 0 Å². The molecule has 1 aliphatic heterocycles. The van der Waals surface area contributed by atoms with Gasteiger partial charge < -0.3 is 14.6 Å². The third-order valence-electron chi connectivity index (χ3n) is 6.51. The zero-order valence-electron chi connectivity index (χ0n) is 21.9. The number of hydroxylamine groups is 2. The molecule has 0 spiro atoms. The molecular weight excluding hydrogens is 498 g/mol. The Morgan fingerprint density at radius 2 is 1.90 bits per heavy atom. The number of rotatable bonds is 9. The zero-order valence-corrected chi connectivity index (χ0v) is 21.9. The van der Waals surface area contributed by atoms with Crippen molar-refractivity contribution < 1.29 is 19.2 Å². The molecule has 1 saturated heterocycles. The summed E-state index contributed by atoms with van der Waals surface area (Å²) in [5, 5.41) is 12.3. The molecule has 0 bridgehead atoms. The number of benzene rings is 1. The average molecular weight is 528 g/mol. The molecule has 4 aromatic rings. The maximum Gasteiger partial charge on any atom is 0.333 e. The van der Waals surface area contributed by atoms with Crippen molar-refractivity contribution in [2.75, 3.05) is 5.32 Å². The van der Waals surface area contributed by atoms with Gasteiger partial charge in [0.2, 0.25) is 0 Å². The third kappa shape index (κ3) is 5.71. The number of hydrogen-bond donors (Lipinski definition) is 1. The molecule has 39 heavy (non-hydrogen) atoms. The Kier molecular flexibility index (Phi) is 7.22. The van der Waals surface area contributed by atoms with Crippen molar-refractivity contribution in [2.45, 2.75) is 52.5 Å². The summed E-state index contributed by atoms with van der Waals surface area (Å²) in [4.78, 5) is 46.2. The highest BCUT2D eigenvalue weighted by Crippen LogP contribution is 2.22. The van der Waals surface area contributed by atoms with Gasteiger partial charge in [0.25, 0.3) is 11.8 Å². The van der Waals surface area contributed by atoms with Gasteiger partial charge in [-0.1, -0.05) is 23.9 Å². The molecule has 1 aliphatic rings. The molecule has 1 aromatic carbocycles. The Labute approximate surface area is 225 Å². The Hall–Kier alpha value is -4.80. The maximum absolute atomic E-state index is 12.9. The van der Waals surface area contributed by atoms with Crippen molar-refractivity contribution in [3.05, 3.63) is 78.0 Å². The van der Waals surface area contributed by atoms with E-state index in [1.807, 2.05) is 61.0 Å². The predicted octanol–water partition coefficient (Wildman–Crippen LogP) is 4.23. The standard InChI is InChI=1S/C28H29N7O4/c1-18-16-20(3)34-15-13-23(27(34)29-18)28(38)30-22-10-8-21(9-11-22)24-17-33(32-31-24)14-5-4-6-26(37)39-35-19(2)7-12-25(35)36/h8-11,13,15-17H,2,4-7,12,14H2,1,3H3,(H,30,38). The molecule has 4 heterocycles. The summed E-state index contributed by atoms with van der Waals surface area (Å²) >= 11 is 0. The lowest BCUT2D eigenvalue weighted by Gasteiger charge is -2.15. The molecule has 1 N–H and O–H groups in total. The fourth-order valence-electron chi connectivity index (χ4n) is 4.47. The molecule has 0 atom stereocenters. The van der Waals surface area contributed by atoms with Crippen LogP contribution in [0.5, 0.6) is 0 Å². The highest BCUT2D eigenvalue weighted by Gasteiger charge is 2.27. The molecule has 0 unspecified atom stereocenters. The monoisotopic (exact) mass is 527 g/mol. The highest BCUT2D eigenvalue weighted by atomic mass is 16.7. The van der Waals surface area contributed by atoms with Crippen molar-refractivity contribution in [3.8, 4) is 11.3 Å². The van der Waals surface area contributed by atoms with Crippen LogP contribution in [0.1, 0.15) is 53.8 Å². The van der Waals surface area contributed by atoms with Crippen molar-refractivity contribution in [3.63, 3.8) is 0 Å². The smallest absolute Gasteiger partial charge is 0.333 e. The van der Waals surface area contributed by atoms with Crippen LogP contribution < -0.4 is 5.32 Å². The fourth-order valence-corrected chi connectivity index (χ4v) is 4.47. The van der Waals surface area contributed by atoms with Crippen LogP contribution in [0.3, 0.4) is 0 Å². The van der Waals surface area contributed by atoms with Gasteiger partial charge in [0.05, 0.1) is 17.5 Å². The number of carbonyl (C=O) groups is 3. The Bertz CT molecular complexity index is 1550. The molecule has 11 heteroatoms. The van der Waals surface area contributed by atoms with Crippen LogP contribution in [0, 0.1) is 13.8 Å². The lowest BCUT2D eigenvalue weighted by molar-refractivity contribution is -0.186. The summed E-state index contributed by atoms with van der Waals surface area (Å²) in [5.74, 6) is -0.921. The van der Waals surface area contributed by atoms with Gasteiger partial charge in [0.1, 0.15) is 11.3 Å². The minimum Gasteiger partial charge on any atom is -0.334 e. The molecule has 0 radical (unpaired) electrons. The molecular formula is C28H29N7O4. The van der Waals surface area contributed by atoms with E-state index in [0.717, 1.165) is 22.0 Å². The van der Waals surface area contributed by atoms with Gasteiger partial charge in [0.15, 0.2) is 0 Å². The van der Waals surface area contributed by atoms with Crippen LogP contribution >= 0.6 is 0 Å². The Balaban J connectivity index is 1.12. The molecule has 0 saturated carbocycles. The van der Waals surface area contributed by atoms with Crippen LogP contribution in [0.4, 0.5) is 5.69 Å². The average Bonchev–Trinajstić information content (AvgIpc) is 3.63. The van der Waals surface area contributed by atoms with Gasteiger partial charge >= 0.3 is 5.97 Å². The van der Waals surface area contributed by atoms with E-state index in [9.17, 15) is 14.4 Å². The highest BCUT2D eigenvalue weighted by molar-refractivity contribution is 6.08. The molecule has 1 fully saturated rings. The first-order valence-electron chi connectivity index (χ1n) is 12.8. The number of anilines is 1. The summed E-state index contributed by atoms with van der Waals surface area (Å²) in [5.41, 5.74) is 5.74. The summed E-state index contributed by atoms with van der Waals surface area (Å²) < 4.78 is 3.62. The van der Waals surface area contributed by atoms with Gasteiger partial charge in [0, 0.05) is 48.2 Å². The minimum absolute atomic E-state index is 0.195. The number of hydrogen-bond acceptors (Lipinski definition) is 7. The number of nitrogens with zero attached hydrogens (tertiary/aromatic N) is 6. The second kappa shape index (κ2) is 10.9. The Morgan fingerprint density at radius 1 is 1.10 bits per heavy atom. The summed E-state index contributed by atoms with van der Waals surface area (Å²) in [6, 6.07) is 11.1. The van der Waals surface area contributed by atoms with E-state index in [0.29, 0.717) is 60.5 Å². The van der Waals surface area contributed by atoms with E-state index >= 15 is 0 Å². The number of aromatic nitrogens is 5. The second-order valence-corrected chi connectivity index (χ2v) is 9.54. The first-order chi connectivity index (χ1) is 18.8. The van der Waals surface area contributed by atoms with Crippen LogP contribution in [-0.2, 0) is 21.0 Å². The summed E-state index contributed by atoms with van der Waals surface area (Å²) in [6.07, 6.45) is 5.99. The van der Waals surface area contributed by atoms with Gasteiger partial charge in [-0.25, -0.2) is 9.78 Å². The van der Waals surface area contributed by atoms with Gasteiger partial charge in [-0.05, 0) is 57.4 Å². The predicted molar refractivity (Wildman–Crippen MR) is 143 cm³/mol. The van der Waals surface area contributed by atoms with Crippen LogP contribution in [0.2, 0.25) is 0 Å². The van der Waals surface area contributed by atoms with E-state index in [2.05, 4.69) is 27.2 Å². The van der Waals surface area contributed by atoms with Crippen LogP contribution in [0.15, 0.2) is 61.1 Å². The number of nitrogens with one attached hydrogen (secondary N) is 1. The topological polar surface area (TPSA) is 124 Å². The van der Waals surface area contributed by atoms with Gasteiger partial charge in [-0.2, -0.15) is 0 Å². The van der Waals surface area contributed by atoms with Crippen molar-refractivity contribution >= 4 is 29.1 Å². The maximum atomic E-state index is 12.9. The molecule has 5 rings (SSSR count). The molecule has 2 amide bonds. The van der Waals surface area contributed by atoms with Crippen molar-refractivity contribution in [1.82, 2.24) is 29.4 Å². The lowest BCUT2D eigenvalue weighted by Crippen LogP contribution is -2.26. The second-order valence-electron chi connectivity index (χ2n) is 9.54. The number of carbonyl (C=O) groups excluding carboxylic acids is 3. The lowest BCUT2D eigenvalue weighted by atomic mass is 10.1. The van der Waals surface area contributed by atoms with E-state index in [1.165, 1.54) is 0 Å². The number of allylic oxidation sites excluding steroid dienone is 1. The summed E-state index contributed by atoms with van der Waals surface area (Å²) in [6.45, 7) is 8.21. The molecule has 11 nitrogen and oxygen atoms in total. The number of unbranched alkanes of at least 4 members (excludes halogenated alkanes) is 1. The van der Waals surface area contributed by atoms with Gasteiger partial charge in [-0.3, -0.25) is 14.3 Å². The third-order valence-corrected chi connectivity index (χ3v) is 6.51. The van der Waals surface area contributed by atoms with Crippen molar-refractivity contribution in [2.24, 2.45) is 0 Å². The normalized spacial score (nSPS) is 13.3. The first kappa shape index (κ1) is 25.8. The van der Waals surface area contributed by atoms with E-state index in [-0.39, 0.29) is 18.2 Å². The van der Waals surface area contributed by atoms with E-state index in [1.54, 1.807) is 10.7 Å². The molecule has 0 aliphatic carbocycles. The fraction of sp³-hybridized carbons (Fsp3) is 0.286. The Morgan fingerprint density at radius 3 is 2.64 bits per heavy atom. The molecule has 3 aromatic heterocycles. The van der Waals surface area contributed by atoms with Crippen LogP contribution in [0.25, 0.3) is 16.9 Å². The van der Waals surface area contributed by atoms with Gasteiger partial charge in [-0.15, -0.1) is 10.2 Å². The zero-order chi connectivity index (χ0) is 27.5. The first-order valence-corrected chi connectivity index (χ1v) is 12.8. The van der Waals surface area contributed by atoms with E-state index < -0.39 is 5.97 Å².